The third kappa shape index (κ3) is 1.40. The van der Waals surface area contributed by atoms with Gasteiger partial charge < -0.3 is 10.5 Å². The largest absolute Gasteiger partial charge is 0.375 e. The van der Waals surface area contributed by atoms with Crippen molar-refractivity contribution in [3.8, 4) is 0 Å². The fraction of sp³-hybridized carbons (Fsp3) is 0.727. The average Bonchev–Trinajstić information content (AvgIpc) is 2.55. The first-order valence-electron chi connectivity index (χ1n) is 5.77. The Balaban J connectivity index is 2.01. The zero-order valence-electron chi connectivity index (χ0n) is 8.91. The molecule has 1 aromatic rings. The summed E-state index contributed by atoms with van der Waals surface area (Å²) in [4.78, 5) is 0. The summed E-state index contributed by atoms with van der Waals surface area (Å²) in [5.41, 5.74) is 9.45. The molecule has 15 heavy (non-hydrogen) atoms. The molecule has 0 atom stereocenters. The summed E-state index contributed by atoms with van der Waals surface area (Å²) < 4.78 is 7.69. The highest BCUT2D eigenvalue weighted by molar-refractivity contribution is 5.28. The topological polar surface area (TPSA) is 53.1 Å². The van der Waals surface area contributed by atoms with Crippen molar-refractivity contribution in [3.63, 3.8) is 0 Å². The second kappa shape index (κ2) is 3.61. The number of fused-ring (bicyclic) bond motifs is 1. The molecule has 0 spiro atoms. The Bertz CT molecular complexity index is 368. The van der Waals surface area contributed by atoms with E-state index in [4.69, 9.17) is 10.5 Å². The van der Waals surface area contributed by atoms with Gasteiger partial charge in [-0.3, -0.25) is 4.68 Å². The minimum atomic E-state index is 0.558. The number of rotatable bonds is 2. The Labute approximate surface area is 89.4 Å². The molecule has 1 saturated carbocycles. The van der Waals surface area contributed by atoms with Crippen LogP contribution in [0, 0.1) is 0 Å². The lowest BCUT2D eigenvalue weighted by molar-refractivity contribution is 0.0997. The molecular formula is C11H17N3O. The normalized spacial score (nSPS) is 21.1. The molecule has 0 amide bonds. The van der Waals surface area contributed by atoms with Gasteiger partial charge in [0.1, 0.15) is 0 Å². The minimum Gasteiger partial charge on any atom is -0.375 e. The van der Waals surface area contributed by atoms with E-state index in [0.717, 1.165) is 25.3 Å². The van der Waals surface area contributed by atoms with E-state index in [1.165, 1.54) is 30.5 Å². The average molecular weight is 207 g/mol. The molecule has 4 heteroatoms. The van der Waals surface area contributed by atoms with Gasteiger partial charge in [0.15, 0.2) is 0 Å². The maximum absolute atomic E-state index is 5.73. The Morgan fingerprint density at radius 1 is 1.47 bits per heavy atom. The zero-order valence-corrected chi connectivity index (χ0v) is 8.91. The molecule has 0 saturated heterocycles. The number of hydrogen-bond donors (Lipinski definition) is 1. The van der Waals surface area contributed by atoms with Gasteiger partial charge in [-0.2, -0.15) is 5.10 Å². The molecule has 3 rings (SSSR count). The second-order valence-corrected chi connectivity index (χ2v) is 4.41. The molecule has 1 aliphatic heterocycles. The van der Waals surface area contributed by atoms with Crippen molar-refractivity contribution in [1.29, 1.82) is 0 Å². The van der Waals surface area contributed by atoms with Crippen LogP contribution in [0.4, 0.5) is 0 Å². The van der Waals surface area contributed by atoms with E-state index >= 15 is 0 Å². The van der Waals surface area contributed by atoms with E-state index in [0.29, 0.717) is 12.6 Å². The predicted molar refractivity (Wildman–Crippen MR) is 56.4 cm³/mol. The number of aromatic nitrogens is 2. The first-order valence-corrected chi connectivity index (χ1v) is 5.77. The van der Waals surface area contributed by atoms with Gasteiger partial charge in [0, 0.05) is 12.1 Å². The highest BCUT2D eigenvalue weighted by atomic mass is 16.5. The van der Waals surface area contributed by atoms with Crippen LogP contribution in [0.5, 0.6) is 0 Å². The molecule has 2 aliphatic rings. The molecule has 0 unspecified atom stereocenters. The van der Waals surface area contributed by atoms with Gasteiger partial charge in [-0.05, 0) is 25.7 Å². The van der Waals surface area contributed by atoms with E-state index in [1.807, 2.05) is 0 Å². The van der Waals surface area contributed by atoms with Crippen LogP contribution >= 0.6 is 0 Å². The van der Waals surface area contributed by atoms with Crippen LogP contribution in [0.3, 0.4) is 0 Å². The maximum Gasteiger partial charge on any atom is 0.0887 e. The third-order valence-corrected chi connectivity index (χ3v) is 3.55. The monoisotopic (exact) mass is 207 g/mol. The Kier molecular flexibility index (Phi) is 2.25. The SMILES string of the molecule is NCc1nn(C2CCC2)c2c1CCOC2. The molecule has 0 aromatic carbocycles. The molecule has 1 aromatic heterocycles. The summed E-state index contributed by atoms with van der Waals surface area (Å²) >= 11 is 0. The summed E-state index contributed by atoms with van der Waals surface area (Å²) in [6.45, 7) is 2.09. The van der Waals surface area contributed by atoms with Crippen molar-refractivity contribution in [2.75, 3.05) is 6.61 Å². The van der Waals surface area contributed by atoms with Crippen molar-refractivity contribution in [3.05, 3.63) is 17.0 Å². The fourth-order valence-corrected chi connectivity index (χ4v) is 2.44. The summed E-state index contributed by atoms with van der Waals surface area (Å²) in [5.74, 6) is 0. The number of nitrogens with zero attached hydrogens (tertiary/aromatic N) is 2. The number of hydrogen-bond acceptors (Lipinski definition) is 3. The van der Waals surface area contributed by atoms with Crippen molar-refractivity contribution >= 4 is 0 Å². The fourth-order valence-electron chi connectivity index (χ4n) is 2.44. The van der Waals surface area contributed by atoms with Crippen LogP contribution < -0.4 is 5.73 Å². The van der Waals surface area contributed by atoms with Crippen LogP contribution in [-0.2, 0) is 24.3 Å². The summed E-state index contributed by atoms with van der Waals surface area (Å²) in [5, 5.41) is 4.64. The second-order valence-electron chi connectivity index (χ2n) is 4.41. The van der Waals surface area contributed by atoms with E-state index in [2.05, 4.69) is 9.78 Å². The number of ether oxygens (including phenoxy) is 1. The highest BCUT2D eigenvalue weighted by Crippen LogP contribution is 2.34. The standard InChI is InChI=1S/C11H17N3O/c12-6-10-9-4-5-15-7-11(9)14(13-10)8-2-1-3-8/h8H,1-7,12H2. The maximum atomic E-state index is 5.73. The Morgan fingerprint density at radius 2 is 2.33 bits per heavy atom. The third-order valence-electron chi connectivity index (χ3n) is 3.55. The molecular weight excluding hydrogens is 190 g/mol. The van der Waals surface area contributed by atoms with Crippen LogP contribution in [0.15, 0.2) is 0 Å². The lowest BCUT2D eigenvalue weighted by atomic mass is 9.93. The Morgan fingerprint density at radius 3 is 3.00 bits per heavy atom. The van der Waals surface area contributed by atoms with Gasteiger partial charge in [0.2, 0.25) is 0 Å². The van der Waals surface area contributed by atoms with E-state index in [9.17, 15) is 0 Å². The van der Waals surface area contributed by atoms with E-state index in [1.54, 1.807) is 0 Å². The van der Waals surface area contributed by atoms with Crippen LogP contribution in [0.1, 0.15) is 42.3 Å². The van der Waals surface area contributed by atoms with Gasteiger partial charge in [-0.15, -0.1) is 0 Å². The lowest BCUT2D eigenvalue weighted by Gasteiger charge is -2.28. The van der Waals surface area contributed by atoms with Crippen molar-refractivity contribution < 1.29 is 4.74 Å². The smallest absolute Gasteiger partial charge is 0.0887 e. The summed E-state index contributed by atoms with van der Waals surface area (Å²) in [6, 6.07) is 0.612. The van der Waals surface area contributed by atoms with Gasteiger partial charge in [-0.25, -0.2) is 0 Å². The van der Waals surface area contributed by atoms with Gasteiger partial charge in [0.25, 0.3) is 0 Å². The molecule has 4 nitrogen and oxygen atoms in total. The predicted octanol–water partition coefficient (Wildman–Crippen LogP) is 1.14. The van der Waals surface area contributed by atoms with Crippen molar-refractivity contribution in [2.45, 2.75) is 44.9 Å². The molecule has 1 fully saturated rings. The minimum absolute atomic E-state index is 0.558. The van der Waals surface area contributed by atoms with Crippen molar-refractivity contribution in [1.82, 2.24) is 9.78 Å². The van der Waals surface area contributed by atoms with E-state index < -0.39 is 0 Å². The molecule has 2 N–H and O–H groups in total. The zero-order chi connectivity index (χ0) is 10.3. The van der Waals surface area contributed by atoms with Crippen LogP contribution in [-0.4, -0.2) is 16.4 Å². The lowest BCUT2D eigenvalue weighted by Crippen LogP contribution is -2.22. The number of nitrogens with two attached hydrogens (primary N) is 1. The van der Waals surface area contributed by atoms with E-state index in [-0.39, 0.29) is 0 Å². The van der Waals surface area contributed by atoms with Crippen molar-refractivity contribution in [2.24, 2.45) is 5.73 Å². The van der Waals surface area contributed by atoms with Crippen LogP contribution in [0.2, 0.25) is 0 Å². The first kappa shape index (κ1) is 9.36. The van der Waals surface area contributed by atoms with Gasteiger partial charge in [0.05, 0.1) is 30.6 Å². The molecule has 82 valence electrons. The molecule has 0 bridgehead atoms. The highest BCUT2D eigenvalue weighted by Gasteiger charge is 2.27. The summed E-state index contributed by atoms with van der Waals surface area (Å²) in [7, 11) is 0. The molecule has 0 radical (unpaired) electrons. The summed E-state index contributed by atoms with van der Waals surface area (Å²) in [6.07, 6.45) is 4.84. The molecule has 2 heterocycles. The van der Waals surface area contributed by atoms with Crippen LogP contribution in [0.25, 0.3) is 0 Å². The first-order chi connectivity index (χ1) is 7.40. The van der Waals surface area contributed by atoms with Gasteiger partial charge >= 0.3 is 0 Å². The molecule has 1 aliphatic carbocycles. The quantitative estimate of drug-likeness (QED) is 0.791. The Hall–Kier alpha value is -0.870. The van der Waals surface area contributed by atoms with Gasteiger partial charge in [-0.1, -0.05) is 0 Å².